The quantitative estimate of drug-likeness (QED) is 0.657. The summed E-state index contributed by atoms with van der Waals surface area (Å²) in [6.07, 6.45) is -4.70. The lowest BCUT2D eigenvalue weighted by molar-refractivity contribution is -0.173. The Morgan fingerprint density at radius 2 is 1.97 bits per heavy atom. The maximum atomic E-state index is 13.8. The van der Waals surface area contributed by atoms with Crippen molar-refractivity contribution in [3.63, 3.8) is 0 Å². The molecule has 168 valence electrons. The third kappa shape index (κ3) is 5.21. The van der Waals surface area contributed by atoms with Gasteiger partial charge < -0.3 is 15.4 Å². The number of morpholine rings is 1. The molecule has 3 heterocycles. The fourth-order valence-corrected chi connectivity index (χ4v) is 4.11. The van der Waals surface area contributed by atoms with Crippen molar-refractivity contribution in [1.82, 2.24) is 20.0 Å². The highest BCUT2D eigenvalue weighted by molar-refractivity contribution is 9.10. The van der Waals surface area contributed by atoms with Gasteiger partial charge in [-0.25, -0.2) is 4.68 Å². The fourth-order valence-electron chi connectivity index (χ4n) is 3.84. The highest BCUT2D eigenvalue weighted by Gasteiger charge is 2.46. The number of carbonyl (C=O) groups excluding carboxylic acids is 1. The predicted octanol–water partition coefficient (Wildman–Crippen LogP) is 3.37. The lowest BCUT2D eigenvalue weighted by Gasteiger charge is -2.33. The number of rotatable bonds is 5. The van der Waals surface area contributed by atoms with Crippen LogP contribution in [0.5, 0.6) is 0 Å². The van der Waals surface area contributed by atoms with Gasteiger partial charge in [0.25, 0.3) is 5.91 Å². The van der Waals surface area contributed by atoms with Crippen molar-refractivity contribution < 1.29 is 22.7 Å². The molecule has 0 bridgehead atoms. The predicted molar refractivity (Wildman–Crippen MR) is 112 cm³/mol. The van der Waals surface area contributed by atoms with E-state index >= 15 is 0 Å². The number of anilines is 1. The van der Waals surface area contributed by atoms with Gasteiger partial charge in [0.2, 0.25) is 0 Å². The van der Waals surface area contributed by atoms with Gasteiger partial charge in [-0.1, -0.05) is 28.1 Å². The molecule has 0 aliphatic carbocycles. The minimum Gasteiger partial charge on any atom is -0.379 e. The second-order valence-corrected chi connectivity index (χ2v) is 8.53. The van der Waals surface area contributed by atoms with Crippen LogP contribution in [0, 0.1) is 0 Å². The smallest absolute Gasteiger partial charge is 0.379 e. The first-order valence-electron chi connectivity index (χ1n) is 10.1. The van der Waals surface area contributed by atoms with E-state index in [1.807, 2.05) is 0 Å². The van der Waals surface area contributed by atoms with Crippen LogP contribution in [-0.2, 0) is 4.74 Å². The Kier molecular flexibility index (Phi) is 6.54. The van der Waals surface area contributed by atoms with Gasteiger partial charge >= 0.3 is 6.18 Å². The number of hydrogen-bond acceptors (Lipinski definition) is 5. The van der Waals surface area contributed by atoms with Crippen molar-refractivity contribution in [2.45, 2.75) is 24.7 Å². The summed E-state index contributed by atoms with van der Waals surface area (Å²) in [5, 5.41) is 9.83. The van der Waals surface area contributed by atoms with Gasteiger partial charge in [0, 0.05) is 43.1 Å². The van der Waals surface area contributed by atoms with Crippen LogP contribution in [-0.4, -0.2) is 66.2 Å². The van der Waals surface area contributed by atoms with Crippen LogP contribution < -0.4 is 10.6 Å². The van der Waals surface area contributed by atoms with Gasteiger partial charge in [0.1, 0.15) is 5.82 Å². The molecule has 1 fully saturated rings. The number of halogens is 4. The van der Waals surface area contributed by atoms with Crippen molar-refractivity contribution in [2.24, 2.45) is 0 Å². The number of nitrogens with one attached hydrogen (secondary N) is 2. The molecule has 31 heavy (non-hydrogen) atoms. The number of hydrogen-bond donors (Lipinski definition) is 2. The molecule has 0 saturated carbocycles. The first kappa shape index (κ1) is 22.1. The molecule has 4 rings (SSSR count). The Morgan fingerprint density at radius 3 is 2.65 bits per heavy atom. The zero-order valence-electron chi connectivity index (χ0n) is 16.7. The third-order valence-electron chi connectivity index (χ3n) is 5.51. The monoisotopic (exact) mass is 501 g/mol. The van der Waals surface area contributed by atoms with Gasteiger partial charge in [-0.15, -0.1) is 0 Å². The molecule has 0 unspecified atom stereocenters. The van der Waals surface area contributed by atoms with E-state index in [2.05, 4.69) is 36.6 Å². The van der Waals surface area contributed by atoms with Gasteiger partial charge in [0.15, 0.2) is 11.7 Å². The highest BCUT2D eigenvalue weighted by atomic mass is 79.9. The summed E-state index contributed by atoms with van der Waals surface area (Å²) in [6, 6.07) is 6.17. The molecule has 2 aliphatic rings. The molecule has 1 aromatic carbocycles. The average molecular weight is 502 g/mol. The zero-order chi connectivity index (χ0) is 22.0. The molecule has 0 spiro atoms. The summed E-state index contributed by atoms with van der Waals surface area (Å²) in [6.45, 7) is 3.94. The number of fused-ring (bicyclic) bond motifs is 1. The number of benzene rings is 1. The number of nitrogens with zero attached hydrogens (tertiary/aromatic N) is 3. The molecule has 1 aromatic heterocycles. The first-order chi connectivity index (χ1) is 14.8. The van der Waals surface area contributed by atoms with E-state index in [4.69, 9.17) is 4.74 Å². The summed E-state index contributed by atoms with van der Waals surface area (Å²) in [4.78, 5) is 14.7. The SMILES string of the molecule is O=C(NCCN1CCOCC1)c1cc2n(n1)[C@H](C(F)(F)F)C[C@H](c1ccc(Br)cc1)N2. The lowest BCUT2D eigenvalue weighted by Crippen LogP contribution is -2.41. The van der Waals surface area contributed by atoms with Crippen LogP contribution in [0.2, 0.25) is 0 Å². The van der Waals surface area contributed by atoms with Crippen molar-refractivity contribution >= 4 is 27.7 Å². The number of carbonyl (C=O) groups is 1. The standard InChI is InChI=1S/C20H23BrF3N5O2/c21-14-3-1-13(2-4-14)15-11-17(20(22,23)24)29-18(26-15)12-16(27-29)19(30)25-5-6-28-7-9-31-10-8-28/h1-4,12,15,17,26H,5-11H2,(H,25,30)/t15-,17+/m1/s1. The Labute approximate surface area is 186 Å². The van der Waals surface area contributed by atoms with Crippen molar-refractivity contribution in [2.75, 3.05) is 44.7 Å². The van der Waals surface area contributed by atoms with Crippen molar-refractivity contribution in [1.29, 1.82) is 0 Å². The number of ether oxygens (including phenoxy) is 1. The van der Waals surface area contributed by atoms with E-state index in [9.17, 15) is 18.0 Å². The maximum Gasteiger partial charge on any atom is 0.410 e. The van der Waals surface area contributed by atoms with Crippen molar-refractivity contribution in [3.05, 3.63) is 46.1 Å². The number of aromatic nitrogens is 2. The summed E-state index contributed by atoms with van der Waals surface area (Å²) < 4.78 is 48.4. The largest absolute Gasteiger partial charge is 0.410 e. The van der Waals surface area contributed by atoms with Crippen LogP contribution in [0.15, 0.2) is 34.8 Å². The minimum absolute atomic E-state index is 0.0322. The van der Waals surface area contributed by atoms with E-state index in [1.54, 1.807) is 24.3 Å². The molecule has 1 saturated heterocycles. The average Bonchev–Trinajstić information content (AvgIpc) is 3.18. The maximum absolute atomic E-state index is 13.8. The molecule has 2 N–H and O–H groups in total. The second-order valence-electron chi connectivity index (χ2n) is 7.61. The Hall–Kier alpha value is -2.11. The second kappa shape index (κ2) is 9.17. The molecule has 11 heteroatoms. The van der Waals surface area contributed by atoms with Gasteiger partial charge in [-0.05, 0) is 17.7 Å². The molecule has 2 aromatic rings. The summed E-state index contributed by atoms with van der Waals surface area (Å²) >= 11 is 3.34. The number of alkyl halides is 3. The molecular formula is C20H23BrF3N5O2. The topological polar surface area (TPSA) is 71.4 Å². The van der Waals surface area contributed by atoms with E-state index in [-0.39, 0.29) is 17.9 Å². The van der Waals surface area contributed by atoms with E-state index in [0.717, 1.165) is 27.8 Å². The molecule has 7 nitrogen and oxygen atoms in total. The van der Waals surface area contributed by atoms with Crippen LogP contribution >= 0.6 is 15.9 Å². The first-order valence-corrected chi connectivity index (χ1v) is 10.9. The minimum atomic E-state index is -4.49. The van der Waals surface area contributed by atoms with E-state index < -0.39 is 24.2 Å². The van der Waals surface area contributed by atoms with Crippen molar-refractivity contribution in [3.8, 4) is 0 Å². The van der Waals surface area contributed by atoms with Gasteiger partial charge in [-0.3, -0.25) is 9.69 Å². The van der Waals surface area contributed by atoms with Gasteiger partial charge in [0.05, 0.1) is 19.3 Å². The number of amides is 1. The highest BCUT2D eigenvalue weighted by Crippen LogP contribution is 2.43. The van der Waals surface area contributed by atoms with E-state index in [1.165, 1.54) is 6.07 Å². The normalized spacial score (nSPS) is 21.9. The Morgan fingerprint density at radius 1 is 1.26 bits per heavy atom. The molecule has 2 atom stereocenters. The van der Waals surface area contributed by atoms with Gasteiger partial charge in [-0.2, -0.15) is 18.3 Å². The molecule has 2 aliphatic heterocycles. The van der Waals surface area contributed by atoms with Crippen LogP contribution in [0.1, 0.15) is 34.6 Å². The Bertz CT molecular complexity index is 913. The summed E-state index contributed by atoms with van der Waals surface area (Å²) in [5.41, 5.74) is 0.705. The fraction of sp³-hybridized carbons (Fsp3) is 0.500. The molecule has 1 amide bonds. The van der Waals surface area contributed by atoms with Crippen LogP contribution in [0.3, 0.4) is 0 Å². The van der Waals surface area contributed by atoms with Crippen LogP contribution in [0.4, 0.5) is 19.0 Å². The molecular weight excluding hydrogens is 479 g/mol. The zero-order valence-corrected chi connectivity index (χ0v) is 18.2. The molecule has 0 radical (unpaired) electrons. The van der Waals surface area contributed by atoms with E-state index in [0.29, 0.717) is 26.3 Å². The summed E-state index contributed by atoms with van der Waals surface area (Å²) in [7, 11) is 0. The Balaban J connectivity index is 1.48. The van der Waals surface area contributed by atoms with Crippen LogP contribution in [0.25, 0.3) is 0 Å². The third-order valence-corrected chi connectivity index (χ3v) is 6.04. The summed E-state index contributed by atoms with van der Waals surface area (Å²) in [5.74, 6) is -0.308. The lowest BCUT2D eigenvalue weighted by atomic mass is 9.97.